The van der Waals surface area contributed by atoms with Crippen molar-refractivity contribution in [1.82, 2.24) is 19.6 Å². The average molecular weight is 239 g/mol. The van der Waals surface area contributed by atoms with Crippen molar-refractivity contribution in [2.24, 2.45) is 0 Å². The van der Waals surface area contributed by atoms with E-state index in [-0.39, 0.29) is 0 Å². The van der Waals surface area contributed by atoms with E-state index in [0.29, 0.717) is 5.65 Å². The Labute approximate surface area is 101 Å². The van der Waals surface area contributed by atoms with Crippen LogP contribution in [0.1, 0.15) is 0 Å². The van der Waals surface area contributed by atoms with Gasteiger partial charge in [-0.3, -0.25) is 0 Å². The first-order valence-corrected chi connectivity index (χ1v) is 5.52. The summed E-state index contributed by atoms with van der Waals surface area (Å²) in [6, 6.07) is 5.88. The van der Waals surface area contributed by atoms with Crippen LogP contribution in [-0.2, 0) is 0 Å². The van der Waals surface area contributed by atoms with Gasteiger partial charge < -0.3 is 9.72 Å². The fourth-order valence-electron chi connectivity index (χ4n) is 2.23. The summed E-state index contributed by atoms with van der Waals surface area (Å²) in [6.45, 7) is 0. The molecule has 3 aromatic heterocycles. The predicted octanol–water partition coefficient (Wildman–Crippen LogP) is 0.587. The van der Waals surface area contributed by atoms with Crippen LogP contribution < -0.4 is 14.5 Å². The molecule has 1 aromatic carbocycles. The number of methoxy groups -OCH3 is 1. The zero-order chi connectivity index (χ0) is 12.1. The highest BCUT2D eigenvalue weighted by molar-refractivity contribution is 5.86. The van der Waals surface area contributed by atoms with Gasteiger partial charge in [-0.05, 0) is 18.3 Å². The van der Waals surface area contributed by atoms with Crippen molar-refractivity contribution in [3.8, 4) is 5.75 Å². The Kier molecular flexibility index (Phi) is 1.67. The second-order valence-electron chi connectivity index (χ2n) is 3.96. The molecule has 0 aliphatic rings. The highest BCUT2D eigenvalue weighted by Gasteiger charge is 2.14. The molecule has 6 heteroatoms. The van der Waals surface area contributed by atoms with Crippen molar-refractivity contribution in [2.75, 3.05) is 7.11 Å². The monoisotopic (exact) mass is 239 g/mol. The molecule has 0 unspecified atom stereocenters. The number of fused-ring (bicyclic) bond motifs is 5. The van der Waals surface area contributed by atoms with Gasteiger partial charge in [0.15, 0.2) is 5.65 Å². The van der Waals surface area contributed by atoms with Crippen LogP contribution >= 0.6 is 0 Å². The van der Waals surface area contributed by atoms with Crippen molar-refractivity contribution in [1.29, 1.82) is 0 Å². The van der Waals surface area contributed by atoms with Gasteiger partial charge in [0.25, 0.3) is 0 Å². The number of hydrogen-bond acceptors (Lipinski definition) is 3. The Balaban J connectivity index is 2.28. The van der Waals surface area contributed by atoms with Gasteiger partial charge in [0.2, 0.25) is 6.20 Å². The molecule has 18 heavy (non-hydrogen) atoms. The molecule has 0 aliphatic carbocycles. The molecule has 0 atom stereocenters. The van der Waals surface area contributed by atoms with Crippen LogP contribution in [0.15, 0.2) is 36.8 Å². The lowest BCUT2D eigenvalue weighted by molar-refractivity contribution is -0.671. The highest BCUT2D eigenvalue weighted by Crippen LogP contribution is 2.24. The summed E-state index contributed by atoms with van der Waals surface area (Å²) < 4.78 is 9.00. The number of rotatable bonds is 1. The van der Waals surface area contributed by atoms with E-state index in [1.165, 1.54) is 0 Å². The number of nitrogens with zero attached hydrogens (tertiary/aromatic N) is 5. The second kappa shape index (κ2) is 3.19. The summed E-state index contributed by atoms with van der Waals surface area (Å²) in [7, 11) is 1.66. The Morgan fingerprint density at radius 1 is 1.28 bits per heavy atom. The summed E-state index contributed by atoms with van der Waals surface area (Å²) in [6.07, 6.45) is 5.21. The van der Waals surface area contributed by atoms with Crippen LogP contribution in [0.25, 0.3) is 22.2 Å². The van der Waals surface area contributed by atoms with Crippen LogP contribution in [-0.4, -0.2) is 21.6 Å². The van der Waals surface area contributed by atoms with E-state index in [1.54, 1.807) is 24.1 Å². The Morgan fingerprint density at radius 3 is 3.06 bits per heavy atom. The maximum Gasteiger partial charge on any atom is 0.215 e. The van der Waals surface area contributed by atoms with Gasteiger partial charge >= 0.3 is 0 Å². The average Bonchev–Trinajstić information content (AvgIpc) is 2.93. The summed E-state index contributed by atoms with van der Waals surface area (Å²) in [5, 5.41) is 5.38. The third-order valence-electron chi connectivity index (χ3n) is 3.00. The van der Waals surface area contributed by atoms with Gasteiger partial charge in [-0.25, -0.2) is 4.98 Å². The first kappa shape index (κ1) is 9.41. The number of hydrogen-bond donors (Lipinski definition) is 0. The molecule has 4 rings (SSSR count). The number of ether oxygens (including phenoxy) is 1. The van der Waals surface area contributed by atoms with E-state index in [1.807, 2.05) is 28.9 Å². The molecule has 0 aliphatic heterocycles. The van der Waals surface area contributed by atoms with E-state index >= 15 is 0 Å². The lowest BCUT2D eigenvalue weighted by Gasteiger charge is -1.99. The molecule has 0 N–H and O–H groups in total. The fraction of sp³-hybridized carbons (Fsp3) is 0.0833. The molecule has 3 heterocycles. The van der Waals surface area contributed by atoms with Crippen molar-refractivity contribution in [3.63, 3.8) is 0 Å². The van der Waals surface area contributed by atoms with Crippen LogP contribution in [0.3, 0.4) is 0 Å². The smallest absolute Gasteiger partial charge is 0.215 e. The van der Waals surface area contributed by atoms with Gasteiger partial charge in [0.05, 0.1) is 18.0 Å². The van der Waals surface area contributed by atoms with Crippen LogP contribution in [0.5, 0.6) is 5.75 Å². The molecule has 0 radical (unpaired) electrons. The van der Waals surface area contributed by atoms with Gasteiger partial charge in [-0.1, -0.05) is 10.7 Å². The van der Waals surface area contributed by atoms with E-state index in [0.717, 1.165) is 22.3 Å². The van der Waals surface area contributed by atoms with Crippen LogP contribution in [0, 0.1) is 0 Å². The Hall–Kier alpha value is -2.63. The third kappa shape index (κ3) is 1.04. The molecule has 0 spiro atoms. The topological polar surface area (TPSA) is 57.6 Å². The zero-order valence-electron chi connectivity index (χ0n) is 9.61. The van der Waals surface area contributed by atoms with Crippen molar-refractivity contribution in [3.05, 3.63) is 36.8 Å². The standard InChI is InChI=1S/C12H9N5O/c1-18-10-4-2-3-9-8(10)7-16-15-11-12(17(9)16)14-6-5-13-11/h2-7H,1H3. The van der Waals surface area contributed by atoms with E-state index in [9.17, 15) is 0 Å². The first-order chi connectivity index (χ1) is 8.88. The molecule has 88 valence electrons. The maximum absolute atomic E-state index is 5.35. The minimum atomic E-state index is 0.627. The van der Waals surface area contributed by atoms with Crippen LogP contribution in [0.4, 0.5) is 0 Å². The quantitative estimate of drug-likeness (QED) is 0.456. The SMILES string of the molecule is COc1cccc2c1c[n+]1[n-]c3nccnc3n21. The molecule has 4 aromatic rings. The summed E-state index contributed by atoms with van der Waals surface area (Å²) in [5.74, 6) is 0.822. The third-order valence-corrected chi connectivity index (χ3v) is 3.00. The molecular formula is C12H9N5O. The molecule has 0 fully saturated rings. The summed E-state index contributed by atoms with van der Waals surface area (Å²) in [4.78, 5) is 8.52. The minimum absolute atomic E-state index is 0.627. The normalized spacial score (nSPS) is 11.6. The summed E-state index contributed by atoms with van der Waals surface area (Å²) in [5.41, 5.74) is 2.36. The van der Waals surface area contributed by atoms with Crippen LogP contribution in [0.2, 0.25) is 0 Å². The first-order valence-electron chi connectivity index (χ1n) is 5.52. The van der Waals surface area contributed by atoms with Gasteiger partial charge in [-0.2, -0.15) is 4.52 Å². The van der Waals surface area contributed by atoms with Crippen molar-refractivity contribution < 1.29 is 9.37 Å². The molecule has 0 saturated heterocycles. The number of benzene rings is 1. The van der Waals surface area contributed by atoms with E-state index in [2.05, 4.69) is 15.1 Å². The van der Waals surface area contributed by atoms with Gasteiger partial charge in [0.1, 0.15) is 11.4 Å². The second-order valence-corrected chi connectivity index (χ2v) is 3.96. The zero-order valence-corrected chi connectivity index (χ0v) is 9.61. The maximum atomic E-state index is 5.35. The molecular weight excluding hydrogens is 230 g/mol. The largest absolute Gasteiger partial charge is 0.496 e. The van der Waals surface area contributed by atoms with Gasteiger partial charge in [0, 0.05) is 6.20 Å². The Morgan fingerprint density at radius 2 is 2.17 bits per heavy atom. The van der Waals surface area contributed by atoms with Crippen molar-refractivity contribution >= 4 is 22.2 Å². The Bertz CT molecular complexity index is 876. The predicted molar refractivity (Wildman–Crippen MR) is 63.5 cm³/mol. The van der Waals surface area contributed by atoms with Crippen molar-refractivity contribution in [2.45, 2.75) is 0 Å². The molecule has 0 amide bonds. The summed E-state index contributed by atoms with van der Waals surface area (Å²) >= 11 is 0. The number of aromatic nitrogens is 5. The molecule has 0 bridgehead atoms. The molecule has 6 nitrogen and oxygen atoms in total. The highest BCUT2D eigenvalue weighted by atomic mass is 16.5. The lowest BCUT2D eigenvalue weighted by Crippen LogP contribution is -2.28. The molecule has 0 saturated carbocycles. The van der Waals surface area contributed by atoms with Gasteiger partial charge in [-0.15, -0.1) is 5.10 Å². The lowest BCUT2D eigenvalue weighted by atomic mass is 10.2. The fourth-order valence-corrected chi connectivity index (χ4v) is 2.23. The van der Waals surface area contributed by atoms with E-state index < -0.39 is 0 Å². The van der Waals surface area contributed by atoms with E-state index in [4.69, 9.17) is 4.74 Å². The minimum Gasteiger partial charge on any atom is -0.496 e.